The van der Waals surface area contributed by atoms with E-state index in [1.807, 2.05) is 89.0 Å². The molecule has 4 atom stereocenters. The van der Waals surface area contributed by atoms with E-state index in [9.17, 15) is 75.6 Å². The Balaban J connectivity index is 0.000000164. The van der Waals surface area contributed by atoms with Crippen molar-refractivity contribution in [3.05, 3.63) is 262 Å². The van der Waals surface area contributed by atoms with Gasteiger partial charge in [0.1, 0.15) is 46.5 Å². The van der Waals surface area contributed by atoms with E-state index in [4.69, 9.17) is 30.9 Å². The molecule has 0 saturated carbocycles. The van der Waals surface area contributed by atoms with Gasteiger partial charge in [0.25, 0.3) is 69.3 Å². The van der Waals surface area contributed by atoms with Crippen LogP contribution in [0.1, 0.15) is 196 Å². The molecular formula is C104H121F3N20O16S4. The van der Waals surface area contributed by atoms with Gasteiger partial charge < -0.3 is 55.7 Å². The van der Waals surface area contributed by atoms with E-state index in [2.05, 4.69) is 120 Å². The summed E-state index contributed by atoms with van der Waals surface area (Å²) in [6.07, 6.45) is 9.04. The molecule has 8 aromatic heterocycles. The first-order valence-electron chi connectivity index (χ1n) is 47.3. The molecule has 4 saturated heterocycles. The summed E-state index contributed by atoms with van der Waals surface area (Å²) in [5.41, 5.74) is 13.2. The summed E-state index contributed by atoms with van der Waals surface area (Å²) >= 11 is 0. The van der Waals surface area contributed by atoms with E-state index in [1.165, 1.54) is 110 Å². The molecule has 3 aromatic carbocycles. The van der Waals surface area contributed by atoms with Gasteiger partial charge in [0.15, 0.2) is 31.5 Å². The predicted molar refractivity (Wildman–Crippen MR) is 556 cm³/mol. The second kappa shape index (κ2) is 43.5. The molecule has 0 bridgehead atoms. The number of nitrogens with two attached hydrogens (primary N) is 2. The Morgan fingerprint density at radius 1 is 0.490 bits per heavy atom. The van der Waals surface area contributed by atoms with Gasteiger partial charge in [-0.2, -0.15) is 34.6 Å². The zero-order chi connectivity index (χ0) is 107. The van der Waals surface area contributed by atoms with Crippen molar-refractivity contribution in [1.29, 1.82) is 0 Å². The second-order valence-electron chi connectivity index (χ2n) is 40.7. The monoisotopic (exact) mass is 2090 g/mol. The van der Waals surface area contributed by atoms with Gasteiger partial charge in [0.05, 0.1) is 46.4 Å². The third kappa shape index (κ3) is 26.0. The lowest BCUT2D eigenvalue weighted by Crippen LogP contribution is -2.49. The maximum absolute atomic E-state index is 14.9. The summed E-state index contributed by atoms with van der Waals surface area (Å²) in [5, 5.41) is 1.97. The molecule has 0 aliphatic carbocycles. The fourth-order valence-corrected chi connectivity index (χ4v) is 22.7. The molecule has 36 nitrogen and oxygen atoms in total. The number of rotatable bonds is 23. The highest BCUT2D eigenvalue weighted by molar-refractivity contribution is 7.91. The smallest absolute Gasteiger partial charge is 0.318 e. The molecule has 0 radical (unpaired) electrons. The maximum atomic E-state index is 14.9. The first kappa shape index (κ1) is 110. The Morgan fingerprint density at radius 3 is 1.39 bits per heavy atom. The van der Waals surface area contributed by atoms with Crippen molar-refractivity contribution in [2.45, 2.75) is 191 Å². The number of allylic oxidation sites excluding steroid dienone is 1. The topological polar surface area (TPSA) is 492 Å². The number of benzene rings is 3. The molecule has 16 rings (SSSR count). The van der Waals surface area contributed by atoms with Gasteiger partial charge in [-0.3, -0.25) is 24.0 Å². The average Bonchev–Trinajstić information content (AvgIpc) is 1.70. The number of H-pyrrole nitrogens is 1. The van der Waals surface area contributed by atoms with Crippen LogP contribution in [0.5, 0.6) is 17.4 Å². The fraction of sp³-hybridized carbons (Fsp3) is 0.356. The van der Waals surface area contributed by atoms with E-state index in [1.54, 1.807) is 71.8 Å². The minimum absolute atomic E-state index is 0.0185. The molecular weight excluding hydrogens is 1970 g/mol. The van der Waals surface area contributed by atoms with Crippen LogP contribution >= 0.6 is 0 Å². The number of anilines is 6. The van der Waals surface area contributed by atoms with Crippen molar-refractivity contribution in [3.63, 3.8) is 0 Å². The summed E-state index contributed by atoms with van der Waals surface area (Å²) in [6, 6.07) is 43.0. The normalized spacial score (nSPS) is 17.7. The lowest BCUT2D eigenvalue weighted by molar-refractivity contribution is 0.0972. The molecule has 147 heavy (non-hydrogen) atoms. The molecule has 6 amide bonds. The van der Waals surface area contributed by atoms with Gasteiger partial charge in [-0.25, -0.2) is 70.8 Å². The summed E-state index contributed by atoms with van der Waals surface area (Å²) in [4.78, 5) is 120. The Morgan fingerprint density at radius 2 is 0.932 bits per heavy atom. The number of sulfonamides is 4. The van der Waals surface area contributed by atoms with Gasteiger partial charge in [-0.1, -0.05) is 88.4 Å². The number of methoxy groups -OCH3 is 1. The number of ether oxygens (including phenoxy) is 2. The first-order chi connectivity index (χ1) is 68.8. The highest BCUT2D eigenvalue weighted by atomic mass is 32.2. The van der Waals surface area contributed by atoms with Crippen LogP contribution in [0.15, 0.2) is 226 Å². The third-order valence-electron chi connectivity index (χ3n) is 25.2. The van der Waals surface area contributed by atoms with Gasteiger partial charge in [-0.15, -0.1) is 0 Å². The van der Waals surface area contributed by atoms with Crippen LogP contribution in [0.4, 0.5) is 52.9 Å². The van der Waals surface area contributed by atoms with Crippen molar-refractivity contribution >= 4 is 116 Å². The van der Waals surface area contributed by atoms with Crippen LogP contribution in [-0.2, 0) is 40.1 Å². The zero-order valence-corrected chi connectivity index (χ0v) is 87.9. The summed E-state index contributed by atoms with van der Waals surface area (Å²) in [7, 11) is -16.1. The van der Waals surface area contributed by atoms with E-state index in [0.717, 1.165) is 55.0 Å². The van der Waals surface area contributed by atoms with Crippen LogP contribution in [0.3, 0.4) is 0 Å². The van der Waals surface area contributed by atoms with Crippen molar-refractivity contribution < 1.29 is 80.3 Å². The highest BCUT2D eigenvalue weighted by Gasteiger charge is 2.45. The Bertz CT molecular complexity index is 7520. The molecule has 13 heterocycles. The number of amides is 6. The molecule has 10 N–H and O–H groups in total. The van der Waals surface area contributed by atoms with Crippen molar-refractivity contribution in [2.24, 2.45) is 23.7 Å². The summed E-state index contributed by atoms with van der Waals surface area (Å²) in [5.74, 6) is -3.21. The van der Waals surface area contributed by atoms with E-state index < -0.39 is 97.2 Å². The molecule has 5 aliphatic rings. The lowest BCUT2D eigenvalue weighted by atomic mass is 9.97. The molecule has 5 aliphatic heterocycles. The molecule has 1 unspecified atom stereocenters. The van der Waals surface area contributed by atoms with Crippen molar-refractivity contribution in [3.8, 4) is 39.9 Å². The minimum Gasteiger partial charge on any atom is -0.494 e. The van der Waals surface area contributed by atoms with Gasteiger partial charge >= 0.3 is 6.03 Å². The van der Waals surface area contributed by atoms with Crippen LogP contribution in [0.2, 0.25) is 0 Å². The number of nitrogen functional groups attached to an aromatic ring is 2. The number of nitrogens with zero attached hydrogens (tertiary/aromatic N) is 12. The van der Waals surface area contributed by atoms with Crippen LogP contribution < -0.4 is 70.3 Å². The van der Waals surface area contributed by atoms with Crippen molar-refractivity contribution in [2.75, 3.05) is 77.4 Å². The largest absolute Gasteiger partial charge is 0.494 e. The average molecular weight is 2090 g/mol. The van der Waals surface area contributed by atoms with Gasteiger partial charge in [0, 0.05) is 96.6 Å². The number of aromatic amines is 1. The van der Waals surface area contributed by atoms with E-state index >= 15 is 0 Å². The first-order valence-corrected chi connectivity index (χ1v) is 53.2. The Hall–Kier alpha value is -14.7. The van der Waals surface area contributed by atoms with Crippen molar-refractivity contribution in [1.82, 2.24) is 69.0 Å². The fourth-order valence-electron chi connectivity index (χ4n) is 18.9. The third-order valence-corrected chi connectivity index (χ3v) is 30.2. The maximum Gasteiger partial charge on any atom is 0.318 e. The SMILES string of the molecule is C=C(C)c1cccc(Oc2cccc(S(=O)(=O)NC(=O)c3cccnc3N3CC(C)CC3(C)C)n2)c1.COc1ccc(-c2ccc(C(=O)NS(=O)(=O)c3ccc[nH]c3=O)c(N3C[C@@H](C)CC3(C)C)n2)c(F)c1F.C[C@@H]1CN(c2nc(-c3cccc(F)c3)ccc2C(=O)NS(=O)(=O)c2cccc(N)n2)C(C)(C)C1.C[C@@H]1CN(c2nc(C3=CCCN(C(=O)NC(C)(C)C)C3)ccc2C(=O)NS(=O)(=O)c2cccc(N)n2)C(C)(C)C1. The number of pyridine rings is 8. The molecule has 11 aromatic rings. The van der Waals surface area contributed by atoms with E-state index in [-0.39, 0.29) is 112 Å². The van der Waals surface area contributed by atoms with Crippen LogP contribution in [-0.4, -0.2) is 182 Å². The number of urea groups is 1. The van der Waals surface area contributed by atoms with E-state index in [0.29, 0.717) is 97.1 Å². The molecule has 0 spiro atoms. The Kier molecular flexibility index (Phi) is 32.4. The minimum atomic E-state index is -4.51. The molecule has 43 heteroatoms. The van der Waals surface area contributed by atoms with Gasteiger partial charge in [-0.05, 0) is 277 Å². The zero-order valence-electron chi connectivity index (χ0n) is 84.6. The van der Waals surface area contributed by atoms with Crippen LogP contribution in [0, 0.1) is 41.1 Å². The summed E-state index contributed by atoms with van der Waals surface area (Å²) in [6.45, 7) is 39.8. The standard InChI is InChI=1S/C28H39N7O4S.C27H30N4O4S.C25H26F2N4O5S.C24H26FN5O3S/c1-18-15-28(5,6)35(16-18)24-20(25(36)33-40(38,39)23-11-7-10-22(29)31-23)12-13-21(30-24)19-9-8-14-34(17-19)26(37)32-27(2,3)4;1-18(2)20-9-6-10-21(15-20)35-23-12-7-13-24(29-23)36(33,34)30-26(32)22-11-8-14-28-25(22)31-17-19(3)16-27(31,4)5;1-14-12-25(2,3)31(13-14)22-16(23(32)30-37(34,35)19-6-5-11-28-24(19)33)7-9-17(29-22)15-8-10-18(36-4)21(27)20(15)26;1-15-13-24(2,3)30(14-15)22-18(10-11-19(27-22)16-6-4-7-17(25)12-16)23(31)29-34(32,33)21-9-5-8-20(26)28-21/h7,9-13,18H,8,14-17H2,1-6H3,(H2,29,31)(H,32,37)(H,33,36);6-15,19H,1,16-17H2,2-5H3,(H,30,32);5-11,14H,12-13H2,1-4H3,(H,28,33)(H,30,32);4-12,15H,13-14H2,1-3H3,(H2,26,28)(H,29,31)/t18-;;14-;15-/m0.00/s1. The summed E-state index contributed by atoms with van der Waals surface area (Å²) < 4.78 is 165. The molecule has 4 fully saturated rings. The number of halogens is 3. The number of hydrogen-bond donors (Lipinski definition) is 8. The number of hydrogen-bond acceptors (Lipinski definition) is 29. The number of nitrogens with one attached hydrogen (secondary N) is 6. The number of aromatic nitrogens is 8. The molecule has 778 valence electrons. The predicted octanol–water partition coefficient (Wildman–Crippen LogP) is 15.5. The number of carbonyl (C=O) groups excluding carboxylic acids is 5. The quantitative estimate of drug-likeness (QED) is 0.0295. The number of carbonyl (C=O) groups is 5. The lowest BCUT2D eigenvalue weighted by Gasteiger charge is -2.34. The van der Waals surface area contributed by atoms with Gasteiger partial charge in [0.2, 0.25) is 11.7 Å². The highest BCUT2D eigenvalue weighted by Crippen LogP contribution is 2.44. The second-order valence-corrected chi connectivity index (χ2v) is 47.2. The Labute approximate surface area is 853 Å². The van der Waals surface area contributed by atoms with Crippen LogP contribution in [0.25, 0.3) is 33.7 Å².